The Morgan fingerprint density at radius 2 is 1.90 bits per heavy atom. The molecule has 1 aliphatic rings. The van der Waals surface area contributed by atoms with Crippen molar-refractivity contribution in [3.63, 3.8) is 0 Å². The Hall–Kier alpha value is -4.05. The van der Waals surface area contributed by atoms with Gasteiger partial charge in [-0.2, -0.15) is 5.26 Å². The molecule has 30 heavy (non-hydrogen) atoms. The Bertz CT molecular complexity index is 1140. The number of nitrogens with one attached hydrogen (secondary N) is 1. The molecule has 3 aromatic rings. The van der Waals surface area contributed by atoms with Crippen molar-refractivity contribution in [2.75, 3.05) is 6.61 Å². The second-order valence-corrected chi connectivity index (χ2v) is 6.82. The first-order valence-electron chi connectivity index (χ1n) is 9.58. The number of esters is 1. The fraction of sp³-hybridized carbons (Fsp3) is 0.174. The third-order valence-electron chi connectivity index (χ3n) is 5.00. The van der Waals surface area contributed by atoms with Crippen LogP contribution >= 0.6 is 0 Å². The average Bonchev–Trinajstić information content (AvgIpc) is 3.15. The number of hydrogen-bond donors (Lipinski definition) is 2. The van der Waals surface area contributed by atoms with E-state index in [0.717, 1.165) is 16.7 Å². The van der Waals surface area contributed by atoms with Crippen LogP contribution in [0.5, 0.6) is 5.88 Å². The van der Waals surface area contributed by atoms with Crippen LogP contribution in [-0.2, 0) is 16.0 Å². The number of nitrogens with zero attached hydrogens (tertiary/aromatic N) is 2. The maximum absolute atomic E-state index is 12.0. The number of carbonyl (C=O) groups is 1. The number of nitrogens with two attached hydrogens (primary N) is 1. The maximum Gasteiger partial charge on any atom is 0.311 e. The van der Waals surface area contributed by atoms with Crippen LogP contribution in [0.1, 0.15) is 29.7 Å². The van der Waals surface area contributed by atoms with E-state index >= 15 is 0 Å². The van der Waals surface area contributed by atoms with Gasteiger partial charge in [-0.15, -0.1) is 5.10 Å². The summed E-state index contributed by atoms with van der Waals surface area (Å²) in [7, 11) is 0. The zero-order chi connectivity index (χ0) is 21.1. The molecule has 0 amide bonds. The second kappa shape index (κ2) is 8.13. The van der Waals surface area contributed by atoms with Crippen LogP contribution in [0.2, 0.25) is 0 Å². The molecule has 1 atom stereocenters. The topological polar surface area (TPSA) is 114 Å². The Labute approximate surface area is 173 Å². The number of benzene rings is 2. The molecule has 0 saturated heterocycles. The summed E-state index contributed by atoms with van der Waals surface area (Å²) in [5.41, 5.74) is 10.5. The number of H-pyrrole nitrogens is 1. The lowest BCUT2D eigenvalue weighted by molar-refractivity contribution is -0.142. The molecule has 1 unspecified atom stereocenters. The van der Waals surface area contributed by atoms with E-state index in [2.05, 4.69) is 16.3 Å². The Balaban J connectivity index is 1.76. The predicted molar refractivity (Wildman–Crippen MR) is 110 cm³/mol. The molecule has 150 valence electrons. The van der Waals surface area contributed by atoms with Crippen LogP contribution < -0.4 is 10.5 Å². The third kappa shape index (κ3) is 3.51. The van der Waals surface area contributed by atoms with E-state index in [1.54, 1.807) is 6.92 Å². The van der Waals surface area contributed by atoms with Gasteiger partial charge < -0.3 is 15.2 Å². The van der Waals surface area contributed by atoms with Gasteiger partial charge in [0.05, 0.1) is 30.2 Å². The molecule has 0 spiro atoms. The van der Waals surface area contributed by atoms with Gasteiger partial charge in [0.2, 0.25) is 11.8 Å². The van der Waals surface area contributed by atoms with Gasteiger partial charge in [0.15, 0.2) is 0 Å². The molecule has 0 aliphatic carbocycles. The molecular formula is C23H20N4O3. The molecule has 2 aromatic carbocycles. The fourth-order valence-electron chi connectivity index (χ4n) is 3.63. The van der Waals surface area contributed by atoms with Crippen molar-refractivity contribution in [3.05, 3.63) is 82.9 Å². The van der Waals surface area contributed by atoms with Gasteiger partial charge in [-0.1, -0.05) is 54.6 Å². The average molecular weight is 400 g/mol. The molecule has 7 heteroatoms. The summed E-state index contributed by atoms with van der Waals surface area (Å²) < 4.78 is 10.6. The number of rotatable bonds is 5. The number of hydrogen-bond acceptors (Lipinski definition) is 6. The summed E-state index contributed by atoms with van der Waals surface area (Å²) in [5.74, 6) is -0.603. The highest BCUT2D eigenvalue weighted by atomic mass is 16.5. The summed E-state index contributed by atoms with van der Waals surface area (Å²) in [6, 6.07) is 20.1. The van der Waals surface area contributed by atoms with E-state index in [0.29, 0.717) is 11.3 Å². The molecule has 1 aliphatic heterocycles. The SMILES string of the molecule is CCOC(=O)Cc1[nH]nc2c1C(c1ccc(-c3ccccc3)cc1)C(C#N)=C(N)O2. The minimum atomic E-state index is -0.494. The van der Waals surface area contributed by atoms with Gasteiger partial charge in [-0.3, -0.25) is 9.89 Å². The Morgan fingerprint density at radius 1 is 1.20 bits per heavy atom. The zero-order valence-corrected chi connectivity index (χ0v) is 16.4. The second-order valence-electron chi connectivity index (χ2n) is 6.82. The lowest BCUT2D eigenvalue weighted by Crippen LogP contribution is -2.22. The minimum absolute atomic E-state index is 0.00323. The van der Waals surface area contributed by atoms with Gasteiger partial charge in [-0.25, -0.2) is 0 Å². The maximum atomic E-state index is 12.0. The summed E-state index contributed by atoms with van der Waals surface area (Å²) in [4.78, 5) is 12.0. The molecule has 4 rings (SSSR count). The van der Waals surface area contributed by atoms with Gasteiger partial charge >= 0.3 is 5.97 Å². The normalized spacial score (nSPS) is 15.1. The van der Waals surface area contributed by atoms with Crippen LogP contribution in [0.4, 0.5) is 0 Å². The van der Waals surface area contributed by atoms with Crippen molar-refractivity contribution in [1.82, 2.24) is 10.2 Å². The summed E-state index contributed by atoms with van der Waals surface area (Å²) >= 11 is 0. The number of ether oxygens (including phenoxy) is 2. The quantitative estimate of drug-likeness (QED) is 0.635. The molecule has 1 aromatic heterocycles. The highest BCUT2D eigenvalue weighted by Gasteiger charge is 2.35. The van der Waals surface area contributed by atoms with E-state index in [4.69, 9.17) is 15.2 Å². The van der Waals surface area contributed by atoms with Crippen molar-refractivity contribution >= 4 is 5.97 Å². The highest BCUT2D eigenvalue weighted by molar-refractivity contribution is 5.73. The van der Waals surface area contributed by atoms with Crippen molar-refractivity contribution < 1.29 is 14.3 Å². The first-order valence-corrected chi connectivity index (χ1v) is 9.58. The largest absolute Gasteiger partial charge is 0.466 e. The van der Waals surface area contributed by atoms with Gasteiger partial charge in [0.1, 0.15) is 11.6 Å². The van der Waals surface area contributed by atoms with E-state index in [1.807, 2.05) is 54.6 Å². The van der Waals surface area contributed by atoms with Crippen LogP contribution in [0, 0.1) is 11.3 Å². The summed E-state index contributed by atoms with van der Waals surface area (Å²) in [5, 5.41) is 16.7. The minimum Gasteiger partial charge on any atom is -0.466 e. The number of nitriles is 1. The molecule has 3 N–H and O–H groups in total. The number of fused-ring (bicyclic) bond motifs is 1. The van der Waals surface area contributed by atoms with Crippen molar-refractivity contribution in [2.24, 2.45) is 5.73 Å². The molecule has 7 nitrogen and oxygen atoms in total. The van der Waals surface area contributed by atoms with Gasteiger partial charge in [0, 0.05) is 0 Å². The molecule has 0 radical (unpaired) electrons. The Morgan fingerprint density at radius 3 is 2.57 bits per heavy atom. The van der Waals surface area contributed by atoms with Gasteiger partial charge in [-0.05, 0) is 23.6 Å². The van der Waals surface area contributed by atoms with Crippen LogP contribution in [-0.4, -0.2) is 22.8 Å². The predicted octanol–water partition coefficient (Wildman–Crippen LogP) is 3.40. The highest BCUT2D eigenvalue weighted by Crippen LogP contribution is 2.43. The van der Waals surface area contributed by atoms with E-state index in [9.17, 15) is 10.1 Å². The van der Waals surface area contributed by atoms with Crippen LogP contribution in [0.15, 0.2) is 66.1 Å². The third-order valence-corrected chi connectivity index (χ3v) is 5.00. The van der Waals surface area contributed by atoms with Crippen molar-refractivity contribution in [2.45, 2.75) is 19.3 Å². The molecule has 0 bridgehead atoms. The first-order chi connectivity index (χ1) is 14.6. The summed E-state index contributed by atoms with van der Waals surface area (Å²) in [6.07, 6.45) is -0.00323. The standard InChI is InChI=1S/C23H20N4O3/c1-2-29-19(28)12-18-21-20(17(13-24)22(25)30-23(21)27-26-18)16-10-8-15(9-11-16)14-6-4-3-5-7-14/h3-11,20H,2,12,25H2,1H3,(H,26,27). The number of aromatic amines is 1. The Kier molecular flexibility index (Phi) is 5.22. The molecule has 0 saturated carbocycles. The van der Waals surface area contributed by atoms with E-state index in [1.165, 1.54) is 0 Å². The summed E-state index contributed by atoms with van der Waals surface area (Å²) in [6.45, 7) is 2.03. The lowest BCUT2D eigenvalue weighted by Gasteiger charge is -2.24. The van der Waals surface area contributed by atoms with Gasteiger partial charge in [0.25, 0.3) is 0 Å². The van der Waals surface area contributed by atoms with Crippen molar-refractivity contribution in [1.29, 1.82) is 5.26 Å². The smallest absolute Gasteiger partial charge is 0.311 e. The zero-order valence-electron chi connectivity index (χ0n) is 16.4. The first kappa shape index (κ1) is 19.3. The molecule has 2 heterocycles. The van der Waals surface area contributed by atoms with E-state index in [-0.39, 0.29) is 36.3 Å². The molecule has 0 fully saturated rings. The van der Waals surface area contributed by atoms with Crippen molar-refractivity contribution in [3.8, 4) is 23.1 Å². The van der Waals surface area contributed by atoms with Crippen LogP contribution in [0.3, 0.4) is 0 Å². The van der Waals surface area contributed by atoms with E-state index < -0.39 is 5.92 Å². The number of aromatic nitrogens is 2. The van der Waals surface area contributed by atoms with Crippen LogP contribution in [0.25, 0.3) is 11.1 Å². The number of carbonyl (C=O) groups excluding carboxylic acids is 1. The fourth-order valence-corrected chi connectivity index (χ4v) is 3.63. The monoisotopic (exact) mass is 400 g/mol. The lowest BCUT2D eigenvalue weighted by atomic mass is 9.83. The number of allylic oxidation sites excluding steroid dienone is 1. The molecular weight excluding hydrogens is 380 g/mol.